The standard InChI is InChI=1S/C18H21N3O2S/c1-13(22)17-8-15(12-24-17)10-21(9-14-4-6-19-7-5-14)11-16-2-3-18(23)20-16/h4-8,12,16H,2-3,9-11H2,1H3,(H,20,23)/t16-/m0/s1. The molecule has 1 fully saturated rings. The van der Waals surface area contributed by atoms with E-state index in [0.29, 0.717) is 6.42 Å². The first-order chi connectivity index (χ1) is 11.6. The lowest BCUT2D eigenvalue weighted by molar-refractivity contribution is -0.119. The Labute approximate surface area is 145 Å². The van der Waals surface area contributed by atoms with Gasteiger partial charge in [0.15, 0.2) is 5.78 Å². The van der Waals surface area contributed by atoms with Crippen LogP contribution in [0.1, 0.15) is 40.6 Å². The second-order valence-corrected chi connectivity index (χ2v) is 7.11. The first-order valence-corrected chi connectivity index (χ1v) is 8.97. The highest BCUT2D eigenvalue weighted by Gasteiger charge is 2.23. The molecule has 5 nitrogen and oxygen atoms in total. The molecule has 0 unspecified atom stereocenters. The summed E-state index contributed by atoms with van der Waals surface area (Å²) in [6.45, 7) is 3.95. The molecule has 6 heteroatoms. The molecule has 1 saturated heterocycles. The molecule has 0 saturated carbocycles. The van der Waals surface area contributed by atoms with Crippen molar-refractivity contribution in [2.75, 3.05) is 6.54 Å². The molecule has 0 spiro atoms. The third-order valence-corrected chi connectivity index (χ3v) is 5.21. The Hall–Kier alpha value is -2.05. The molecule has 3 heterocycles. The summed E-state index contributed by atoms with van der Waals surface area (Å²) in [6.07, 6.45) is 5.08. The molecule has 2 aromatic rings. The number of nitrogens with one attached hydrogen (secondary N) is 1. The Balaban J connectivity index is 1.70. The van der Waals surface area contributed by atoms with Crippen LogP contribution < -0.4 is 5.32 Å². The van der Waals surface area contributed by atoms with Crippen molar-refractivity contribution >= 4 is 23.0 Å². The van der Waals surface area contributed by atoms with Gasteiger partial charge in [0, 0.05) is 44.5 Å². The third kappa shape index (κ3) is 4.49. The second-order valence-electron chi connectivity index (χ2n) is 6.20. The number of hydrogen-bond acceptors (Lipinski definition) is 5. The van der Waals surface area contributed by atoms with Crippen molar-refractivity contribution in [3.63, 3.8) is 0 Å². The Morgan fingerprint density at radius 1 is 1.33 bits per heavy atom. The van der Waals surface area contributed by atoms with Crippen LogP contribution in [-0.4, -0.2) is 34.2 Å². The summed E-state index contributed by atoms with van der Waals surface area (Å²) < 4.78 is 0. The fourth-order valence-electron chi connectivity index (χ4n) is 2.96. The zero-order valence-electron chi connectivity index (χ0n) is 13.7. The normalized spacial score (nSPS) is 17.2. The monoisotopic (exact) mass is 343 g/mol. The van der Waals surface area contributed by atoms with E-state index in [9.17, 15) is 9.59 Å². The van der Waals surface area contributed by atoms with E-state index in [4.69, 9.17) is 0 Å². The Kier molecular flexibility index (Phi) is 5.37. The Bertz CT molecular complexity index is 714. The van der Waals surface area contributed by atoms with Crippen LogP contribution in [-0.2, 0) is 17.9 Å². The van der Waals surface area contributed by atoms with Gasteiger partial charge < -0.3 is 5.32 Å². The maximum atomic E-state index is 11.5. The Morgan fingerprint density at radius 3 is 2.71 bits per heavy atom. The molecule has 24 heavy (non-hydrogen) atoms. The van der Waals surface area contributed by atoms with Gasteiger partial charge in [-0.25, -0.2) is 0 Å². The molecule has 0 aromatic carbocycles. The van der Waals surface area contributed by atoms with E-state index in [1.54, 1.807) is 19.3 Å². The maximum absolute atomic E-state index is 11.5. The lowest BCUT2D eigenvalue weighted by Crippen LogP contribution is -2.38. The van der Waals surface area contributed by atoms with Gasteiger partial charge in [-0.05, 0) is 48.1 Å². The van der Waals surface area contributed by atoms with Gasteiger partial charge in [-0.2, -0.15) is 0 Å². The minimum atomic E-state index is 0.106. The van der Waals surface area contributed by atoms with Crippen molar-refractivity contribution in [1.82, 2.24) is 15.2 Å². The number of pyridine rings is 1. The highest BCUT2D eigenvalue weighted by atomic mass is 32.1. The summed E-state index contributed by atoms with van der Waals surface area (Å²) in [6, 6.07) is 6.19. The van der Waals surface area contributed by atoms with E-state index >= 15 is 0 Å². The average molecular weight is 343 g/mol. The van der Waals surface area contributed by atoms with E-state index in [2.05, 4.69) is 15.2 Å². The van der Waals surface area contributed by atoms with E-state index < -0.39 is 0 Å². The molecule has 3 rings (SSSR count). The van der Waals surface area contributed by atoms with Gasteiger partial charge in [0.2, 0.25) is 5.91 Å². The van der Waals surface area contributed by atoms with Gasteiger partial charge in [0.05, 0.1) is 4.88 Å². The fourth-order valence-corrected chi connectivity index (χ4v) is 3.76. The van der Waals surface area contributed by atoms with Gasteiger partial charge in [0.25, 0.3) is 0 Å². The maximum Gasteiger partial charge on any atom is 0.220 e. The molecular formula is C18H21N3O2S. The summed E-state index contributed by atoms with van der Waals surface area (Å²) in [4.78, 5) is 30.1. The van der Waals surface area contributed by atoms with Gasteiger partial charge in [-0.1, -0.05) is 0 Å². The molecule has 126 valence electrons. The molecule has 1 aliphatic heterocycles. The second kappa shape index (κ2) is 7.68. The summed E-state index contributed by atoms with van der Waals surface area (Å²) in [5.41, 5.74) is 2.33. The number of thiophene rings is 1. The highest BCUT2D eigenvalue weighted by Crippen LogP contribution is 2.19. The van der Waals surface area contributed by atoms with Crippen molar-refractivity contribution in [2.45, 2.75) is 38.9 Å². The summed E-state index contributed by atoms with van der Waals surface area (Å²) in [5, 5.41) is 5.08. The predicted octanol–water partition coefficient (Wildman–Crippen LogP) is 2.63. The number of rotatable bonds is 7. The number of Topliss-reactive ketones (excluding diaryl/α,β-unsaturated/α-hetero) is 1. The SMILES string of the molecule is CC(=O)c1cc(CN(Cc2ccncc2)C[C@@H]2CCC(=O)N2)cs1. The van der Waals surface area contributed by atoms with Crippen molar-refractivity contribution in [3.05, 3.63) is 52.0 Å². The molecule has 1 N–H and O–H groups in total. The minimum Gasteiger partial charge on any atom is -0.352 e. The first kappa shape index (κ1) is 16.8. The molecule has 0 aliphatic carbocycles. The number of hydrogen-bond donors (Lipinski definition) is 1. The quantitative estimate of drug-likeness (QED) is 0.785. The van der Waals surface area contributed by atoms with Crippen LogP contribution in [0.25, 0.3) is 0 Å². The van der Waals surface area contributed by atoms with Crippen molar-refractivity contribution < 1.29 is 9.59 Å². The van der Waals surface area contributed by atoms with Crippen LogP contribution in [0.5, 0.6) is 0 Å². The van der Waals surface area contributed by atoms with Gasteiger partial charge in [0.1, 0.15) is 0 Å². The van der Waals surface area contributed by atoms with Crippen LogP contribution >= 0.6 is 11.3 Å². The summed E-state index contributed by atoms with van der Waals surface area (Å²) >= 11 is 1.49. The zero-order chi connectivity index (χ0) is 16.9. The molecule has 1 atom stereocenters. The number of ketones is 1. The van der Waals surface area contributed by atoms with Crippen LogP contribution in [0.3, 0.4) is 0 Å². The van der Waals surface area contributed by atoms with Gasteiger partial charge in [-0.15, -0.1) is 11.3 Å². The van der Waals surface area contributed by atoms with Crippen LogP contribution in [0.4, 0.5) is 0 Å². The predicted molar refractivity (Wildman–Crippen MR) is 93.8 cm³/mol. The minimum absolute atomic E-state index is 0.106. The van der Waals surface area contributed by atoms with Crippen LogP contribution in [0, 0.1) is 0 Å². The number of aromatic nitrogens is 1. The van der Waals surface area contributed by atoms with Crippen LogP contribution in [0.2, 0.25) is 0 Å². The number of amides is 1. The Morgan fingerprint density at radius 2 is 2.08 bits per heavy atom. The van der Waals surface area contributed by atoms with E-state index in [-0.39, 0.29) is 17.7 Å². The average Bonchev–Trinajstić information content (AvgIpc) is 3.18. The number of nitrogens with zero attached hydrogens (tertiary/aromatic N) is 2. The largest absolute Gasteiger partial charge is 0.352 e. The molecule has 0 radical (unpaired) electrons. The van der Waals surface area contributed by atoms with E-state index in [1.165, 1.54) is 16.9 Å². The molecular weight excluding hydrogens is 322 g/mol. The smallest absolute Gasteiger partial charge is 0.220 e. The molecule has 2 aromatic heterocycles. The number of carbonyl (C=O) groups excluding carboxylic acids is 2. The van der Waals surface area contributed by atoms with E-state index in [0.717, 1.165) is 36.5 Å². The number of carbonyl (C=O) groups is 2. The highest BCUT2D eigenvalue weighted by molar-refractivity contribution is 7.12. The van der Waals surface area contributed by atoms with Gasteiger partial charge >= 0.3 is 0 Å². The van der Waals surface area contributed by atoms with Crippen LogP contribution in [0.15, 0.2) is 36.0 Å². The summed E-state index contributed by atoms with van der Waals surface area (Å²) in [7, 11) is 0. The molecule has 0 bridgehead atoms. The third-order valence-electron chi connectivity index (χ3n) is 4.13. The van der Waals surface area contributed by atoms with E-state index in [1.807, 2.05) is 23.6 Å². The van der Waals surface area contributed by atoms with Crippen molar-refractivity contribution in [1.29, 1.82) is 0 Å². The topological polar surface area (TPSA) is 62.3 Å². The van der Waals surface area contributed by atoms with Crippen molar-refractivity contribution in [3.8, 4) is 0 Å². The lowest BCUT2D eigenvalue weighted by atomic mass is 10.1. The zero-order valence-corrected chi connectivity index (χ0v) is 14.5. The fraction of sp³-hybridized carbons (Fsp3) is 0.389. The van der Waals surface area contributed by atoms with Crippen molar-refractivity contribution in [2.24, 2.45) is 0 Å². The first-order valence-electron chi connectivity index (χ1n) is 8.09. The molecule has 1 amide bonds. The molecule has 1 aliphatic rings. The summed E-state index contributed by atoms with van der Waals surface area (Å²) in [5.74, 6) is 0.244. The van der Waals surface area contributed by atoms with Gasteiger partial charge in [-0.3, -0.25) is 19.5 Å². The lowest BCUT2D eigenvalue weighted by Gasteiger charge is -2.25.